The Morgan fingerprint density at radius 3 is 2.82 bits per heavy atom. The highest BCUT2D eigenvalue weighted by atomic mass is 16.4. The molecule has 0 saturated heterocycles. The molecule has 0 aliphatic heterocycles. The smallest absolute Gasteiger partial charge is 0.371 e. The number of furan rings is 1. The summed E-state index contributed by atoms with van der Waals surface area (Å²) in [7, 11) is 0. The minimum atomic E-state index is -1.07. The van der Waals surface area contributed by atoms with Gasteiger partial charge in [0.2, 0.25) is 5.76 Å². The lowest BCUT2D eigenvalue weighted by Crippen LogP contribution is -1.99. The molecule has 0 radical (unpaired) electrons. The van der Waals surface area contributed by atoms with Crippen LogP contribution >= 0.6 is 0 Å². The lowest BCUT2D eigenvalue weighted by molar-refractivity contribution is 0.0660. The first kappa shape index (κ1) is 13.9. The Bertz CT molecular complexity index is 790. The molecule has 2 N–H and O–H groups in total. The summed E-state index contributed by atoms with van der Waals surface area (Å²) in [6.45, 7) is 2.40. The Morgan fingerprint density at radius 1 is 1.32 bits per heavy atom. The van der Waals surface area contributed by atoms with Crippen LogP contribution in [0.25, 0.3) is 11.3 Å². The van der Waals surface area contributed by atoms with Crippen LogP contribution < -0.4 is 5.32 Å². The van der Waals surface area contributed by atoms with Gasteiger partial charge >= 0.3 is 5.97 Å². The Hall–Kier alpha value is -3.02. The summed E-state index contributed by atoms with van der Waals surface area (Å²) in [5.41, 5.74) is 2.94. The van der Waals surface area contributed by atoms with E-state index >= 15 is 0 Å². The van der Waals surface area contributed by atoms with Crippen LogP contribution in [-0.4, -0.2) is 16.1 Å². The van der Waals surface area contributed by atoms with Crippen molar-refractivity contribution in [2.24, 2.45) is 0 Å². The van der Waals surface area contributed by atoms with Gasteiger partial charge in [0.05, 0.1) is 12.7 Å². The number of aryl methyl sites for hydroxylation is 1. The highest BCUT2D eigenvalue weighted by Gasteiger charge is 2.09. The number of carboxylic acid groups (broad SMARTS) is 1. The van der Waals surface area contributed by atoms with Crippen LogP contribution in [0, 0.1) is 6.92 Å². The van der Waals surface area contributed by atoms with Crippen molar-refractivity contribution in [1.82, 2.24) is 4.98 Å². The van der Waals surface area contributed by atoms with E-state index in [0.29, 0.717) is 12.3 Å². The lowest BCUT2D eigenvalue weighted by atomic mass is 10.1. The van der Waals surface area contributed by atoms with E-state index in [0.717, 1.165) is 22.6 Å². The van der Waals surface area contributed by atoms with Crippen molar-refractivity contribution in [2.45, 2.75) is 13.5 Å². The summed E-state index contributed by atoms with van der Waals surface area (Å²) in [6.07, 6.45) is 3.07. The summed E-state index contributed by atoms with van der Waals surface area (Å²) < 4.78 is 10.5. The number of aromatic nitrogens is 1. The van der Waals surface area contributed by atoms with Crippen molar-refractivity contribution < 1.29 is 18.7 Å². The number of oxazole rings is 1. The molecule has 0 unspecified atom stereocenters. The normalized spacial score (nSPS) is 10.6. The molecule has 1 aromatic carbocycles. The molecule has 0 aliphatic rings. The fourth-order valence-electron chi connectivity index (χ4n) is 2.18. The number of carbonyl (C=O) groups is 1. The van der Waals surface area contributed by atoms with Crippen LogP contribution in [0.4, 0.5) is 5.69 Å². The number of rotatable bonds is 5. The molecule has 0 fully saturated rings. The van der Waals surface area contributed by atoms with Gasteiger partial charge in [0.15, 0.2) is 12.2 Å². The Labute approximate surface area is 126 Å². The van der Waals surface area contributed by atoms with Crippen molar-refractivity contribution in [3.05, 3.63) is 60.0 Å². The number of aromatic carboxylic acids is 1. The van der Waals surface area contributed by atoms with E-state index in [9.17, 15) is 4.79 Å². The number of nitrogens with zero attached hydrogens (tertiary/aromatic N) is 1. The average Bonchev–Trinajstić information content (AvgIpc) is 3.17. The van der Waals surface area contributed by atoms with E-state index in [4.69, 9.17) is 13.9 Å². The molecule has 112 valence electrons. The zero-order valence-electron chi connectivity index (χ0n) is 11.9. The topological polar surface area (TPSA) is 88.5 Å². The van der Waals surface area contributed by atoms with Crippen LogP contribution in [-0.2, 0) is 6.54 Å². The van der Waals surface area contributed by atoms with Crippen molar-refractivity contribution in [2.75, 3.05) is 5.32 Å². The lowest BCUT2D eigenvalue weighted by Gasteiger charge is -2.08. The molecule has 0 saturated carbocycles. The molecular weight excluding hydrogens is 284 g/mol. The van der Waals surface area contributed by atoms with Crippen LogP contribution in [0.3, 0.4) is 0 Å². The van der Waals surface area contributed by atoms with Gasteiger partial charge in [-0.1, -0.05) is 0 Å². The Balaban J connectivity index is 1.70. The summed E-state index contributed by atoms with van der Waals surface area (Å²) in [6, 6.07) is 8.94. The molecular formula is C16H14N2O4. The molecule has 3 rings (SSSR count). The first-order valence-corrected chi connectivity index (χ1v) is 6.69. The monoisotopic (exact) mass is 298 g/mol. The van der Waals surface area contributed by atoms with Crippen LogP contribution in [0.2, 0.25) is 0 Å². The molecule has 22 heavy (non-hydrogen) atoms. The molecule has 0 aliphatic carbocycles. The van der Waals surface area contributed by atoms with Gasteiger partial charge in [0.25, 0.3) is 0 Å². The molecule has 0 atom stereocenters. The van der Waals surface area contributed by atoms with Gasteiger partial charge in [-0.25, -0.2) is 9.78 Å². The molecule has 0 spiro atoms. The van der Waals surface area contributed by atoms with Crippen molar-refractivity contribution in [3.8, 4) is 11.3 Å². The van der Waals surface area contributed by atoms with Crippen molar-refractivity contribution in [3.63, 3.8) is 0 Å². The zero-order valence-corrected chi connectivity index (χ0v) is 11.9. The second-order valence-electron chi connectivity index (χ2n) is 4.82. The third kappa shape index (κ3) is 2.85. The zero-order chi connectivity index (χ0) is 15.5. The second kappa shape index (κ2) is 5.77. The van der Waals surface area contributed by atoms with Gasteiger partial charge < -0.3 is 19.3 Å². The fraction of sp³-hybridized carbons (Fsp3) is 0.125. The summed E-state index contributed by atoms with van der Waals surface area (Å²) in [5, 5.41) is 12.0. The summed E-state index contributed by atoms with van der Waals surface area (Å²) in [4.78, 5) is 14.7. The number of carboxylic acids is 1. The SMILES string of the molecule is Cc1cc(NCc2ccc(C(=O)O)o2)ccc1-c1cnco1. The van der Waals surface area contributed by atoms with Gasteiger partial charge in [-0.15, -0.1) is 0 Å². The van der Waals surface area contributed by atoms with E-state index in [1.807, 2.05) is 25.1 Å². The van der Waals surface area contributed by atoms with Crippen LogP contribution in [0.5, 0.6) is 0 Å². The first-order valence-electron chi connectivity index (χ1n) is 6.69. The van der Waals surface area contributed by atoms with Crippen LogP contribution in [0.15, 0.2) is 51.8 Å². The maximum absolute atomic E-state index is 10.8. The van der Waals surface area contributed by atoms with Gasteiger partial charge in [0.1, 0.15) is 5.76 Å². The van der Waals surface area contributed by atoms with Gasteiger partial charge in [0, 0.05) is 11.3 Å². The number of anilines is 1. The molecule has 0 bridgehead atoms. The van der Waals surface area contributed by atoms with Crippen LogP contribution in [0.1, 0.15) is 21.9 Å². The highest BCUT2D eigenvalue weighted by molar-refractivity contribution is 5.84. The number of hydrogen-bond acceptors (Lipinski definition) is 5. The summed E-state index contributed by atoms with van der Waals surface area (Å²) in [5.74, 6) is 0.155. The fourth-order valence-corrected chi connectivity index (χ4v) is 2.18. The summed E-state index contributed by atoms with van der Waals surface area (Å²) >= 11 is 0. The van der Waals surface area contributed by atoms with Gasteiger partial charge in [-0.05, 0) is 42.8 Å². The third-order valence-electron chi connectivity index (χ3n) is 3.26. The maximum Gasteiger partial charge on any atom is 0.371 e. The minimum Gasteiger partial charge on any atom is -0.475 e. The molecule has 3 aromatic rings. The van der Waals surface area contributed by atoms with E-state index in [1.165, 1.54) is 12.5 Å². The predicted molar refractivity (Wildman–Crippen MR) is 79.7 cm³/mol. The van der Waals surface area contributed by atoms with Crippen molar-refractivity contribution in [1.29, 1.82) is 0 Å². The second-order valence-corrected chi connectivity index (χ2v) is 4.82. The Kier molecular flexibility index (Phi) is 3.65. The third-order valence-corrected chi connectivity index (χ3v) is 3.26. The van der Waals surface area contributed by atoms with E-state index < -0.39 is 5.97 Å². The molecule has 2 heterocycles. The minimum absolute atomic E-state index is 0.0614. The maximum atomic E-state index is 10.8. The first-order chi connectivity index (χ1) is 10.6. The molecule has 0 amide bonds. The predicted octanol–water partition coefficient (Wildman–Crippen LogP) is 3.55. The van der Waals surface area contributed by atoms with Crippen molar-refractivity contribution >= 4 is 11.7 Å². The highest BCUT2D eigenvalue weighted by Crippen LogP contribution is 2.25. The van der Waals surface area contributed by atoms with Gasteiger partial charge in [-0.3, -0.25) is 0 Å². The van der Waals surface area contributed by atoms with E-state index in [-0.39, 0.29) is 5.76 Å². The molecule has 6 heteroatoms. The molecule has 6 nitrogen and oxygen atoms in total. The average molecular weight is 298 g/mol. The number of hydrogen-bond donors (Lipinski definition) is 2. The number of nitrogens with one attached hydrogen (secondary N) is 1. The largest absolute Gasteiger partial charge is 0.475 e. The Morgan fingerprint density at radius 2 is 2.18 bits per heavy atom. The van der Waals surface area contributed by atoms with E-state index in [2.05, 4.69) is 10.3 Å². The standard InChI is InChI=1S/C16H14N2O4/c1-10-6-11(2-4-13(10)15-8-17-9-21-15)18-7-12-3-5-14(22-12)16(19)20/h2-6,8-9,18H,7H2,1H3,(H,19,20). The molecule has 2 aromatic heterocycles. The van der Waals surface area contributed by atoms with Gasteiger partial charge in [-0.2, -0.15) is 0 Å². The van der Waals surface area contributed by atoms with E-state index in [1.54, 1.807) is 12.3 Å². The number of benzene rings is 1. The quantitative estimate of drug-likeness (QED) is 0.748.